The minimum Gasteiger partial charge on any atom is -0.302 e. The topological polar surface area (TPSA) is 37.3 Å². The van der Waals surface area contributed by atoms with Crippen molar-refractivity contribution < 1.29 is 8.76 Å². The molecule has 0 saturated heterocycles. The molecule has 0 heterocycles. The van der Waals surface area contributed by atoms with Crippen LogP contribution in [-0.4, -0.2) is 8.76 Å². The molecule has 2 aromatic rings. The van der Waals surface area contributed by atoms with Crippen molar-refractivity contribution in [3.8, 4) is 11.1 Å². The van der Waals surface area contributed by atoms with Crippen molar-refractivity contribution in [3.05, 3.63) is 53.6 Å². The highest BCUT2D eigenvalue weighted by molar-refractivity contribution is 7.79. The van der Waals surface area contributed by atoms with Gasteiger partial charge in [0.25, 0.3) is 0 Å². The van der Waals surface area contributed by atoms with Crippen LogP contribution >= 0.6 is 0 Å². The molecule has 2 aromatic carbocycles. The molecular formula is C14H14O2S. The first-order valence-corrected chi connectivity index (χ1v) is 6.48. The predicted octanol–water partition coefficient (Wildman–Crippen LogP) is 3.55. The zero-order valence-corrected chi connectivity index (χ0v) is 10.6. The third kappa shape index (κ3) is 2.46. The van der Waals surface area contributed by atoms with Crippen molar-refractivity contribution in [1.82, 2.24) is 0 Å². The fourth-order valence-electron chi connectivity index (χ4n) is 1.92. The van der Waals surface area contributed by atoms with Gasteiger partial charge in [-0.2, -0.15) is 0 Å². The van der Waals surface area contributed by atoms with E-state index in [2.05, 4.69) is 0 Å². The molecule has 0 radical (unpaired) electrons. The van der Waals surface area contributed by atoms with Crippen molar-refractivity contribution in [2.24, 2.45) is 0 Å². The van der Waals surface area contributed by atoms with Crippen molar-refractivity contribution in [1.29, 1.82) is 0 Å². The Morgan fingerprint density at radius 1 is 1.06 bits per heavy atom. The van der Waals surface area contributed by atoms with Crippen molar-refractivity contribution in [3.63, 3.8) is 0 Å². The fraction of sp³-hybridized carbons (Fsp3) is 0.143. The number of aryl methyl sites for hydroxylation is 2. The highest BCUT2D eigenvalue weighted by Gasteiger charge is 2.12. The summed E-state index contributed by atoms with van der Waals surface area (Å²) in [6.07, 6.45) is 0. The van der Waals surface area contributed by atoms with Crippen LogP contribution in [-0.2, 0) is 11.1 Å². The largest absolute Gasteiger partial charge is 0.302 e. The maximum Gasteiger partial charge on any atom is 0.187 e. The molecule has 0 saturated carbocycles. The van der Waals surface area contributed by atoms with Gasteiger partial charge >= 0.3 is 0 Å². The Balaban J connectivity index is 2.67. The molecule has 88 valence electrons. The summed E-state index contributed by atoms with van der Waals surface area (Å²) in [5.74, 6) is 0. The molecule has 0 fully saturated rings. The third-order valence-corrected chi connectivity index (χ3v) is 3.61. The van der Waals surface area contributed by atoms with E-state index in [9.17, 15) is 8.76 Å². The molecule has 0 amide bonds. The highest BCUT2D eigenvalue weighted by atomic mass is 32.2. The molecule has 0 bridgehead atoms. The van der Waals surface area contributed by atoms with Gasteiger partial charge in [-0.25, -0.2) is 4.21 Å². The van der Waals surface area contributed by atoms with Crippen molar-refractivity contribution >= 4 is 11.1 Å². The first-order chi connectivity index (χ1) is 8.09. The molecule has 1 unspecified atom stereocenters. The van der Waals surface area contributed by atoms with Crippen molar-refractivity contribution in [2.75, 3.05) is 0 Å². The summed E-state index contributed by atoms with van der Waals surface area (Å²) >= 11 is -1.96. The van der Waals surface area contributed by atoms with Gasteiger partial charge in [0.05, 0.1) is 4.90 Å². The van der Waals surface area contributed by atoms with Crippen LogP contribution in [0.3, 0.4) is 0 Å². The second-order valence-electron chi connectivity index (χ2n) is 4.07. The van der Waals surface area contributed by atoms with Gasteiger partial charge in [-0.15, -0.1) is 0 Å². The first kappa shape index (κ1) is 12.0. The van der Waals surface area contributed by atoms with Crippen molar-refractivity contribution in [2.45, 2.75) is 18.7 Å². The average molecular weight is 246 g/mol. The zero-order chi connectivity index (χ0) is 12.4. The number of benzene rings is 2. The van der Waals surface area contributed by atoms with E-state index in [-0.39, 0.29) is 0 Å². The third-order valence-electron chi connectivity index (χ3n) is 2.72. The standard InChI is InChI=1S/C14H14O2S/c1-10-5-3-7-12(9-10)13-8-4-6-11(2)14(13)17(15)16/h3-9H,1-2H3,(H,15,16). The molecule has 2 nitrogen and oxygen atoms in total. The summed E-state index contributed by atoms with van der Waals surface area (Å²) in [4.78, 5) is 0.498. The van der Waals surface area contributed by atoms with Gasteiger partial charge in [0, 0.05) is 5.56 Å². The lowest BCUT2D eigenvalue weighted by molar-refractivity contribution is 0.564. The minimum atomic E-state index is -1.96. The van der Waals surface area contributed by atoms with E-state index in [0.29, 0.717) is 4.90 Å². The average Bonchev–Trinajstić information content (AvgIpc) is 2.28. The van der Waals surface area contributed by atoms with Crippen LogP contribution in [0.25, 0.3) is 11.1 Å². The summed E-state index contributed by atoms with van der Waals surface area (Å²) in [6, 6.07) is 13.6. The maximum atomic E-state index is 11.4. The highest BCUT2D eigenvalue weighted by Crippen LogP contribution is 2.28. The lowest BCUT2D eigenvalue weighted by Gasteiger charge is -2.10. The molecule has 1 N–H and O–H groups in total. The molecule has 0 aliphatic rings. The van der Waals surface area contributed by atoms with E-state index >= 15 is 0 Å². The van der Waals surface area contributed by atoms with Crippen LogP contribution in [0, 0.1) is 13.8 Å². The molecule has 0 aliphatic heterocycles. The summed E-state index contributed by atoms with van der Waals surface area (Å²) in [6.45, 7) is 3.86. The summed E-state index contributed by atoms with van der Waals surface area (Å²) in [7, 11) is 0. The lowest BCUT2D eigenvalue weighted by atomic mass is 10.0. The van der Waals surface area contributed by atoms with Gasteiger partial charge < -0.3 is 4.55 Å². The fourth-order valence-corrected chi connectivity index (χ4v) is 2.64. The number of hydrogen-bond donors (Lipinski definition) is 1. The Morgan fingerprint density at radius 3 is 2.41 bits per heavy atom. The zero-order valence-electron chi connectivity index (χ0n) is 9.81. The van der Waals surface area contributed by atoms with Gasteiger partial charge in [-0.3, -0.25) is 0 Å². The maximum absolute atomic E-state index is 11.4. The Morgan fingerprint density at radius 2 is 1.76 bits per heavy atom. The van der Waals surface area contributed by atoms with E-state index in [0.717, 1.165) is 22.3 Å². The van der Waals surface area contributed by atoms with Gasteiger partial charge in [0.1, 0.15) is 0 Å². The van der Waals surface area contributed by atoms with E-state index in [4.69, 9.17) is 0 Å². The summed E-state index contributed by atoms with van der Waals surface area (Å²) < 4.78 is 20.8. The van der Waals surface area contributed by atoms with Crippen LogP contribution in [0.2, 0.25) is 0 Å². The lowest BCUT2D eigenvalue weighted by Crippen LogP contribution is -1.96. The minimum absolute atomic E-state index is 0.498. The van der Waals surface area contributed by atoms with Gasteiger partial charge in [0.2, 0.25) is 0 Å². The molecule has 0 aromatic heterocycles. The van der Waals surface area contributed by atoms with Crippen LogP contribution < -0.4 is 0 Å². The molecule has 17 heavy (non-hydrogen) atoms. The smallest absolute Gasteiger partial charge is 0.187 e. The molecular weight excluding hydrogens is 232 g/mol. The van der Waals surface area contributed by atoms with Crippen LogP contribution in [0.15, 0.2) is 47.4 Å². The second-order valence-corrected chi connectivity index (χ2v) is 4.98. The quantitative estimate of drug-likeness (QED) is 0.823. The second kappa shape index (κ2) is 4.82. The first-order valence-electron chi connectivity index (χ1n) is 5.37. The van der Waals surface area contributed by atoms with Gasteiger partial charge in [-0.1, -0.05) is 48.0 Å². The van der Waals surface area contributed by atoms with E-state index < -0.39 is 11.1 Å². The molecule has 2 rings (SSSR count). The summed E-state index contributed by atoms with van der Waals surface area (Å²) in [5.41, 5.74) is 3.78. The molecule has 0 spiro atoms. The molecule has 0 aliphatic carbocycles. The van der Waals surface area contributed by atoms with E-state index in [1.54, 1.807) is 0 Å². The van der Waals surface area contributed by atoms with Gasteiger partial charge in [-0.05, 0) is 25.0 Å². The normalized spacial score (nSPS) is 12.4. The SMILES string of the molecule is Cc1cccc(-c2cccc(C)c2S(=O)O)c1. The molecule has 3 heteroatoms. The van der Waals surface area contributed by atoms with Crippen LogP contribution in [0.1, 0.15) is 11.1 Å². The number of hydrogen-bond acceptors (Lipinski definition) is 1. The van der Waals surface area contributed by atoms with Crippen LogP contribution in [0.5, 0.6) is 0 Å². The predicted molar refractivity (Wildman–Crippen MR) is 70.4 cm³/mol. The Kier molecular flexibility index (Phi) is 3.41. The van der Waals surface area contributed by atoms with Gasteiger partial charge in [0.15, 0.2) is 11.1 Å². The molecule has 1 atom stereocenters. The Hall–Kier alpha value is -1.45. The van der Waals surface area contributed by atoms with E-state index in [1.165, 1.54) is 0 Å². The van der Waals surface area contributed by atoms with E-state index in [1.807, 2.05) is 56.3 Å². The van der Waals surface area contributed by atoms with Crippen LogP contribution in [0.4, 0.5) is 0 Å². The monoisotopic (exact) mass is 246 g/mol. The Labute approximate surface area is 104 Å². The Bertz CT molecular complexity index is 576. The summed E-state index contributed by atoms with van der Waals surface area (Å²) in [5, 5.41) is 0. The number of rotatable bonds is 2.